The van der Waals surface area contributed by atoms with E-state index in [1.54, 1.807) is 0 Å². The largest absolute Gasteiger partial charge is 0.310 e. The van der Waals surface area contributed by atoms with E-state index in [4.69, 9.17) is 0 Å². The van der Waals surface area contributed by atoms with Crippen LogP contribution in [0.4, 0.5) is 5.69 Å². The van der Waals surface area contributed by atoms with Gasteiger partial charge >= 0.3 is 0 Å². The summed E-state index contributed by atoms with van der Waals surface area (Å²) in [7, 11) is 0. The smallest absolute Gasteiger partial charge is 0.241 e. The van der Waals surface area contributed by atoms with Gasteiger partial charge in [0.25, 0.3) is 0 Å². The van der Waals surface area contributed by atoms with Crippen molar-refractivity contribution in [3.63, 3.8) is 0 Å². The molecule has 0 bridgehead atoms. The molecule has 0 atom stereocenters. The van der Waals surface area contributed by atoms with Crippen molar-refractivity contribution in [1.29, 1.82) is 0 Å². The summed E-state index contributed by atoms with van der Waals surface area (Å²) in [5, 5.41) is 0. The first-order chi connectivity index (χ1) is 9.74. The molecule has 110 valence electrons. The zero-order valence-corrected chi connectivity index (χ0v) is 12.6. The van der Waals surface area contributed by atoms with E-state index in [0.29, 0.717) is 6.54 Å². The highest BCUT2D eigenvalue weighted by Gasteiger charge is 2.24. The van der Waals surface area contributed by atoms with Gasteiger partial charge in [-0.1, -0.05) is 32.0 Å². The number of likely N-dealkylation sites (N-methyl/N-ethyl adjacent to an activating group) is 1. The predicted octanol–water partition coefficient (Wildman–Crippen LogP) is 1.68. The quantitative estimate of drug-likeness (QED) is 0.790. The third kappa shape index (κ3) is 3.81. The Hall–Kier alpha value is -1.39. The number of benzene rings is 1. The molecule has 1 aromatic carbocycles. The molecule has 1 heterocycles. The van der Waals surface area contributed by atoms with Crippen molar-refractivity contribution in [2.75, 3.05) is 50.7 Å². The SMILES string of the molecule is CCN(CC)CCN1CCN(c2ccccc2)C(=O)C1. The molecule has 0 unspecified atom stereocenters. The summed E-state index contributed by atoms with van der Waals surface area (Å²) in [5.41, 5.74) is 1.01. The van der Waals surface area contributed by atoms with Crippen LogP contribution in [0.5, 0.6) is 0 Å². The van der Waals surface area contributed by atoms with E-state index in [1.807, 2.05) is 35.2 Å². The number of nitrogens with zero attached hydrogens (tertiary/aromatic N) is 3. The molecule has 1 amide bonds. The molecule has 0 N–H and O–H groups in total. The molecule has 1 saturated heterocycles. The van der Waals surface area contributed by atoms with E-state index >= 15 is 0 Å². The molecule has 1 fully saturated rings. The van der Waals surface area contributed by atoms with Gasteiger partial charge in [-0.25, -0.2) is 0 Å². The van der Waals surface area contributed by atoms with Crippen LogP contribution in [0.15, 0.2) is 30.3 Å². The molecule has 0 radical (unpaired) electrons. The fourth-order valence-corrected chi connectivity index (χ4v) is 2.62. The average molecular weight is 275 g/mol. The maximum Gasteiger partial charge on any atom is 0.241 e. The van der Waals surface area contributed by atoms with Gasteiger partial charge in [0.2, 0.25) is 5.91 Å². The van der Waals surface area contributed by atoms with E-state index in [0.717, 1.165) is 45.0 Å². The van der Waals surface area contributed by atoms with Gasteiger partial charge in [-0.2, -0.15) is 0 Å². The van der Waals surface area contributed by atoms with Crippen molar-refractivity contribution in [2.24, 2.45) is 0 Å². The third-order valence-electron chi connectivity index (χ3n) is 3.99. The minimum Gasteiger partial charge on any atom is -0.310 e. The van der Waals surface area contributed by atoms with Gasteiger partial charge in [-0.05, 0) is 25.2 Å². The molecule has 4 nitrogen and oxygen atoms in total. The lowest BCUT2D eigenvalue weighted by molar-refractivity contribution is -0.121. The van der Waals surface area contributed by atoms with Crippen molar-refractivity contribution < 1.29 is 4.79 Å². The zero-order valence-electron chi connectivity index (χ0n) is 12.6. The van der Waals surface area contributed by atoms with Gasteiger partial charge in [0.15, 0.2) is 0 Å². The third-order valence-corrected chi connectivity index (χ3v) is 3.99. The van der Waals surface area contributed by atoms with Crippen LogP contribution in [0.3, 0.4) is 0 Å². The van der Waals surface area contributed by atoms with Crippen LogP contribution < -0.4 is 4.90 Å². The molecule has 2 rings (SSSR count). The minimum absolute atomic E-state index is 0.210. The fraction of sp³-hybridized carbons (Fsp3) is 0.562. The lowest BCUT2D eigenvalue weighted by atomic mass is 10.2. The first-order valence-corrected chi connectivity index (χ1v) is 7.54. The molecule has 1 aliphatic rings. The summed E-state index contributed by atoms with van der Waals surface area (Å²) in [5.74, 6) is 0.210. The first-order valence-electron chi connectivity index (χ1n) is 7.54. The summed E-state index contributed by atoms with van der Waals surface area (Å²) in [4.78, 5) is 18.8. The topological polar surface area (TPSA) is 26.8 Å². The lowest BCUT2D eigenvalue weighted by Gasteiger charge is -2.35. The summed E-state index contributed by atoms with van der Waals surface area (Å²) < 4.78 is 0. The van der Waals surface area contributed by atoms with Crippen molar-refractivity contribution in [3.8, 4) is 0 Å². The van der Waals surface area contributed by atoms with Crippen molar-refractivity contribution in [2.45, 2.75) is 13.8 Å². The van der Waals surface area contributed by atoms with E-state index in [-0.39, 0.29) is 5.91 Å². The second kappa shape index (κ2) is 7.41. The Balaban J connectivity index is 1.85. The average Bonchev–Trinajstić information content (AvgIpc) is 2.49. The second-order valence-electron chi connectivity index (χ2n) is 5.18. The van der Waals surface area contributed by atoms with Crippen LogP contribution in [0.1, 0.15) is 13.8 Å². The van der Waals surface area contributed by atoms with Gasteiger partial charge in [-0.3, -0.25) is 9.69 Å². The predicted molar refractivity (Wildman–Crippen MR) is 83.0 cm³/mol. The molecule has 4 heteroatoms. The lowest BCUT2D eigenvalue weighted by Crippen LogP contribution is -2.52. The summed E-state index contributed by atoms with van der Waals surface area (Å²) in [6.07, 6.45) is 0. The second-order valence-corrected chi connectivity index (χ2v) is 5.18. The highest BCUT2D eigenvalue weighted by molar-refractivity contribution is 5.95. The highest BCUT2D eigenvalue weighted by atomic mass is 16.2. The Morgan fingerprint density at radius 3 is 2.40 bits per heavy atom. The Morgan fingerprint density at radius 2 is 1.80 bits per heavy atom. The van der Waals surface area contributed by atoms with E-state index in [9.17, 15) is 4.79 Å². The number of hydrogen-bond donors (Lipinski definition) is 0. The number of rotatable bonds is 6. The van der Waals surface area contributed by atoms with Crippen molar-refractivity contribution in [1.82, 2.24) is 9.80 Å². The molecule has 0 aliphatic carbocycles. The number of anilines is 1. The zero-order chi connectivity index (χ0) is 14.4. The van der Waals surface area contributed by atoms with Gasteiger partial charge in [0.05, 0.1) is 6.54 Å². The molecule has 1 aromatic rings. The molecule has 20 heavy (non-hydrogen) atoms. The summed E-state index contributed by atoms with van der Waals surface area (Å²) in [6.45, 7) is 10.8. The van der Waals surface area contributed by atoms with Crippen LogP contribution in [0.25, 0.3) is 0 Å². The minimum atomic E-state index is 0.210. The van der Waals surface area contributed by atoms with Crippen LogP contribution in [-0.4, -0.2) is 61.5 Å². The molecular weight excluding hydrogens is 250 g/mol. The molecular formula is C16H25N3O. The normalized spacial score (nSPS) is 16.9. The number of amides is 1. The van der Waals surface area contributed by atoms with E-state index < -0.39 is 0 Å². The van der Waals surface area contributed by atoms with Crippen LogP contribution in [0.2, 0.25) is 0 Å². The molecule has 0 spiro atoms. The number of piperazine rings is 1. The molecule has 0 aromatic heterocycles. The van der Waals surface area contributed by atoms with Crippen LogP contribution in [0, 0.1) is 0 Å². The monoisotopic (exact) mass is 275 g/mol. The first kappa shape index (κ1) is 15.0. The van der Waals surface area contributed by atoms with Gasteiger partial charge in [0.1, 0.15) is 0 Å². The van der Waals surface area contributed by atoms with Crippen molar-refractivity contribution in [3.05, 3.63) is 30.3 Å². The Labute approximate surface area is 122 Å². The van der Waals surface area contributed by atoms with Crippen LogP contribution in [-0.2, 0) is 4.79 Å². The van der Waals surface area contributed by atoms with E-state index in [2.05, 4.69) is 23.6 Å². The number of carbonyl (C=O) groups excluding carboxylic acids is 1. The van der Waals surface area contributed by atoms with Crippen LogP contribution >= 0.6 is 0 Å². The Kier molecular flexibility index (Phi) is 5.56. The van der Waals surface area contributed by atoms with Gasteiger partial charge < -0.3 is 9.80 Å². The Bertz CT molecular complexity index is 417. The van der Waals surface area contributed by atoms with Gasteiger partial charge in [-0.15, -0.1) is 0 Å². The number of carbonyl (C=O) groups is 1. The summed E-state index contributed by atoms with van der Waals surface area (Å²) >= 11 is 0. The van der Waals surface area contributed by atoms with E-state index in [1.165, 1.54) is 0 Å². The maximum absolute atomic E-state index is 12.3. The molecule has 0 saturated carbocycles. The van der Waals surface area contributed by atoms with Gasteiger partial charge in [0, 0.05) is 31.9 Å². The molecule has 1 aliphatic heterocycles. The standard InChI is InChI=1S/C16H25N3O/c1-3-17(4-2)10-11-18-12-13-19(16(20)14-18)15-8-6-5-7-9-15/h5-9H,3-4,10-14H2,1-2H3. The summed E-state index contributed by atoms with van der Waals surface area (Å²) in [6, 6.07) is 9.95. The highest BCUT2D eigenvalue weighted by Crippen LogP contribution is 2.16. The fourth-order valence-electron chi connectivity index (χ4n) is 2.62. The van der Waals surface area contributed by atoms with Crippen molar-refractivity contribution >= 4 is 11.6 Å². The number of para-hydroxylation sites is 1. The Morgan fingerprint density at radius 1 is 1.10 bits per heavy atom. The maximum atomic E-state index is 12.3. The number of hydrogen-bond acceptors (Lipinski definition) is 3.